The largest absolute Gasteiger partial charge is 0.343 e. The molecule has 124 valence electrons. The maximum atomic E-state index is 12.7. The van der Waals surface area contributed by atoms with Gasteiger partial charge in [0, 0.05) is 24.7 Å². The summed E-state index contributed by atoms with van der Waals surface area (Å²) in [5.41, 5.74) is 0. The Morgan fingerprint density at radius 3 is 2.48 bits per heavy atom. The summed E-state index contributed by atoms with van der Waals surface area (Å²) in [5.74, 6) is -0.508. The Balaban J connectivity index is 1.85. The first-order valence-corrected chi connectivity index (χ1v) is 8.99. The summed E-state index contributed by atoms with van der Waals surface area (Å²) in [6, 6.07) is 4.51. The fraction of sp³-hybridized carbons (Fsp3) is 0.429. The van der Waals surface area contributed by atoms with Crippen LogP contribution in [0.15, 0.2) is 29.2 Å². The number of hydrogen-bond donors (Lipinski definition) is 1. The lowest BCUT2D eigenvalue weighted by Crippen LogP contribution is -2.69. The van der Waals surface area contributed by atoms with Crippen LogP contribution in [0.25, 0.3) is 0 Å². The van der Waals surface area contributed by atoms with Gasteiger partial charge in [-0.25, -0.2) is 8.42 Å². The molecule has 2 heterocycles. The Labute approximate surface area is 139 Å². The Bertz CT molecular complexity index is 750. The van der Waals surface area contributed by atoms with Gasteiger partial charge in [0.2, 0.25) is 21.8 Å². The number of benzene rings is 1. The van der Waals surface area contributed by atoms with Crippen molar-refractivity contribution in [1.29, 1.82) is 0 Å². The molecule has 2 fully saturated rings. The van der Waals surface area contributed by atoms with Crippen LogP contribution in [-0.2, 0) is 19.6 Å². The highest BCUT2D eigenvalue weighted by Gasteiger charge is 2.44. The minimum Gasteiger partial charge on any atom is -0.343 e. The molecule has 0 radical (unpaired) electrons. The predicted molar refractivity (Wildman–Crippen MR) is 83.3 cm³/mol. The molecule has 7 nitrogen and oxygen atoms in total. The molecule has 0 saturated carbocycles. The van der Waals surface area contributed by atoms with E-state index in [4.69, 9.17) is 11.6 Å². The maximum absolute atomic E-state index is 12.7. The van der Waals surface area contributed by atoms with E-state index in [1.54, 1.807) is 6.92 Å². The predicted octanol–water partition coefficient (Wildman–Crippen LogP) is 0.0598. The molecule has 23 heavy (non-hydrogen) atoms. The second kappa shape index (κ2) is 5.77. The number of carbonyl (C=O) groups is 2. The molecule has 1 aromatic carbocycles. The smallest absolute Gasteiger partial charge is 0.245 e. The monoisotopic (exact) mass is 357 g/mol. The first kappa shape index (κ1) is 16.2. The highest BCUT2D eigenvalue weighted by Crippen LogP contribution is 2.23. The molecule has 1 N–H and O–H groups in total. The van der Waals surface area contributed by atoms with Crippen molar-refractivity contribution < 1.29 is 18.0 Å². The zero-order chi connectivity index (χ0) is 16.8. The Kier molecular flexibility index (Phi) is 4.07. The fourth-order valence-corrected chi connectivity index (χ4v) is 4.40. The minimum absolute atomic E-state index is 0.0464. The van der Waals surface area contributed by atoms with Gasteiger partial charge in [0.05, 0.1) is 4.90 Å². The Hall–Kier alpha value is -1.64. The molecule has 0 unspecified atom stereocenters. The molecular formula is C14H16ClN3O4S. The Morgan fingerprint density at radius 2 is 1.83 bits per heavy atom. The van der Waals surface area contributed by atoms with Crippen molar-refractivity contribution in [3.8, 4) is 0 Å². The maximum Gasteiger partial charge on any atom is 0.245 e. The van der Waals surface area contributed by atoms with Crippen LogP contribution in [0.2, 0.25) is 5.02 Å². The van der Waals surface area contributed by atoms with Crippen LogP contribution < -0.4 is 5.32 Å². The van der Waals surface area contributed by atoms with Gasteiger partial charge in [0.1, 0.15) is 12.1 Å². The average Bonchev–Trinajstić information content (AvgIpc) is 2.52. The zero-order valence-electron chi connectivity index (χ0n) is 12.4. The van der Waals surface area contributed by atoms with Crippen molar-refractivity contribution in [3.63, 3.8) is 0 Å². The standard InChI is InChI=1S/C14H16ClN3O4S/c1-9-14(20)18-7-6-17(8-12(18)13(19)16-9)23(21,22)11-4-2-10(15)3-5-11/h2-5,9,12H,6-8H2,1H3,(H,16,19)/t9-,12+/m0/s1. The summed E-state index contributed by atoms with van der Waals surface area (Å²) in [6.45, 7) is 1.93. The van der Waals surface area contributed by atoms with Crippen LogP contribution in [0.4, 0.5) is 0 Å². The van der Waals surface area contributed by atoms with E-state index >= 15 is 0 Å². The van der Waals surface area contributed by atoms with Crippen LogP contribution in [0.1, 0.15) is 6.92 Å². The molecule has 0 spiro atoms. The third-order valence-electron chi connectivity index (χ3n) is 4.11. The number of halogens is 1. The third-order valence-corrected chi connectivity index (χ3v) is 6.24. The zero-order valence-corrected chi connectivity index (χ0v) is 14.0. The van der Waals surface area contributed by atoms with Crippen LogP contribution in [-0.4, -0.2) is 61.2 Å². The highest BCUT2D eigenvalue weighted by atomic mass is 35.5. The van der Waals surface area contributed by atoms with Gasteiger partial charge in [0.15, 0.2) is 0 Å². The minimum atomic E-state index is -3.73. The summed E-state index contributed by atoms with van der Waals surface area (Å²) in [7, 11) is -3.73. The van der Waals surface area contributed by atoms with Gasteiger partial charge in [-0.15, -0.1) is 0 Å². The molecule has 2 aliphatic heterocycles. The SMILES string of the molecule is C[C@@H]1NC(=O)[C@H]2CN(S(=O)(=O)c3ccc(Cl)cc3)CCN2C1=O. The van der Waals surface area contributed by atoms with Crippen molar-refractivity contribution in [2.45, 2.75) is 23.9 Å². The second-order valence-corrected chi connectivity index (χ2v) is 7.97. The summed E-state index contributed by atoms with van der Waals surface area (Å²) in [4.78, 5) is 25.8. The van der Waals surface area contributed by atoms with E-state index in [0.29, 0.717) is 5.02 Å². The van der Waals surface area contributed by atoms with Crippen LogP contribution in [0, 0.1) is 0 Å². The van der Waals surface area contributed by atoms with E-state index in [0.717, 1.165) is 0 Å². The normalized spacial score (nSPS) is 25.9. The van der Waals surface area contributed by atoms with Gasteiger partial charge in [0.25, 0.3) is 0 Å². The molecule has 0 bridgehead atoms. The molecule has 1 aromatic rings. The fourth-order valence-electron chi connectivity index (χ4n) is 2.84. The van der Waals surface area contributed by atoms with Crippen molar-refractivity contribution in [3.05, 3.63) is 29.3 Å². The molecule has 0 aliphatic carbocycles. The van der Waals surface area contributed by atoms with Crippen molar-refractivity contribution >= 4 is 33.4 Å². The van der Waals surface area contributed by atoms with Gasteiger partial charge in [-0.05, 0) is 31.2 Å². The van der Waals surface area contributed by atoms with E-state index in [9.17, 15) is 18.0 Å². The lowest BCUT2D eigenvalue weighted by atomic mass is 10.1. The van der Waals surface area contributed by atoms with Gasteiger partial charge in [-0.2, -0.15) is 4.31 Å². The number of rotatable bonds is 2. The number of amides is 2. The van der Waals surface area contributed by atoms with Crippen LogP contribution in [0.5, 0.6) is 0 Å². The number of nitrogens with one attached hydrogen (secondary N) is 1. The lowest BCUT2D eigenvalue weighted by Gasteiger charge is -2.44. The molecular weight excluding hydrogens is 342 g/mol. The lowest BCUT2D eigenvalue weighted by molar-refractivity contribution is -0.151. The molecule has 3 rings (SSSR count). The first-order chi connectivity index (χ1) is 10.8. The third kappa shape index (κ3) is 2.82. The topological polar surface area (TPSA) is 86.8 Å². The van der Waals surface area contributed by atoms with E-state index in [-0.39, 0.29) is 36.3 Å². The van der Waals surface area contributed by atoms with E-state index in [1.165, 1.54) is 33.5 Å². The summed E-state index contributed by atoms with van der Waals surface area (Å²) in [6.07, 6.45) is 0. The second-order valence-electron chi connectivity index (χ2n) is 5.59. The summed E-state index contributed by atoms with van der Waals surface area (Å²) >= 11 is 5.78. The van der Waals surface area contributed by atoms with E-state index < -0.39 is 22.1 Å². The number of sulfonamides is 1. The van der Waals surface area contributed by atoms with Crippen LogP contribution in [0.3, 0.4) is 0 Å². The quantitative estimate of drug-likeness (QED) is 0.811. The van der Waals surface area contributed by atoms with Gasteiger partial charge >= 0.3 is 0 Å². The number of fused-ring (bicyclic) bond motifs is 1. The van der Waals surface area contributed by atoms with Crippen molar-refractivity contribution in [2.24, 2.45) is 0 Å². The first-order valence-electron chi connectivity index (χ1n) is 7.17. The summed E-state index contributed by atoms with van der Waals surface area (Å²) < 4.78 is 26.6. The molecule has 2 amide bonds. The average molecular weight is 358 g/mol. The molecule has 2 aliphatic rings. The van der Waals surface area contributed by atoms with E-state index in [1.807, 2.05) is 0 Å². The van der Waals surface area contributed by atoms with Crippen molar-refractivity contribution in [2.75, 3.05) is 19.6 Å². The number of hydrogen-bond acceptors (Lipinski definition) is 4. The van der Waals surface area contributed by atoms with E-state index in [2.05, 4.69) is 5.32 Å². The number of nitrogens with zero attached hydrogens (tertiary/aromatic N) is 2. The highest BCUT2D eigenvalue weighted by molar-refractivity contribution is 7.89. The van der Waals surface area contributed by atoms with Gasteiger partial charge in [-0.3, -0.25) is 9.59 Å². The van der Waals surface area contributed by atoms with Crippen molar-refractivity contribution in [1.82, 2.24) is 14.5 Å². The number of piperazine rings is 2. The molecule has 2 saturated heterocycles. The van der Waals surface area contributed by atoms with Crippen LogP contribution >= 0.6 is 11.6 Å². The number of carbonyl (C=O) groups excluding carboxylic acids is 2. The molecule has 9 heteroatoms. The summed E-state index contributed by atoms with van der Waals surface area (Å²) in [5, 5.41) is 3.02. The van der Waals surface area contributed by atoms with Gasteiger partial charge in [-0.1, -0.05) is 11.6 Å². The molecule has 2 atom stereocenters. The molecule has 0 aromatic heterocycles. The Morgan fingerprint density at radius 1 is 1.17 bits per heavy atom. The van der Waals surface area contributed by atoms with Gasteiger partial charge < -0.3 is 10.2 Å².